The van der Waals surface area contributed by atoms with Gasteiger partial charge in [-0.1, -0.05) is 43.1 Å². The normalized spacial score (nSPS) is 15.9. The molecule has 1 atom stereocenters. The van der Waals surface area contributed by atoms with Crippen molar-refractivity contribution in [1.82, 2.24) is 20.4 Å². The number of nitrogens with one attached hydrogen (secondary N) is 1. The molecule has 1 aliphatic rings. The lowest BCUT2D eigenvalue weighted by Crippen LogP contribution is -2.47. The minimum Gasteiger partial charge on any atom is -0.494 e. The number of alkyl carbamates (subject to hydrolysis) is 1. The van der Waals surface area contributed by atoms with Crippen LogP contribution in [-0.2, 0) is 14.3 Å². The molecule has 0 unspecified atom stereocenters. The number of hydrogen-bond acceptors (Lipinski definition) is 9. The summed E-state index contributed by atoms with van der Waals surface area (Å²) >= 11 is 0. The summed E-state index contributed by atoms with van der Waals surface area (Å²) in [5, 5.41) is 8.58. The molecule has 2 aromatic carbocycles. The van der Waals surface area contributed by atoms with Crippen molar-refractivity contribution in [3.05, 3.63) is 42.3 Å². The average Bonchev–Trinajstić information content (AvgIpc) is 3.55. The fraction of sp³-hybridized carbons (Fsp3) is 0.500. The molecule has 1 N–H and O–H groups in total. The number of ketones is 1. The number of carbonyl (C=O) groups excluding carboxylic acids is 3. The Morgan fingerprint density at radius 3 is 2.43 bits per heavy atom. The van der Waals surface area contributed by atoms with Crippen LogP contribution >= 0.6 is 0 Å². The lowest BCUT2D eigenvalue weighted by Gasteiger charge is -2.26. The fourth-order valence-electron chi connectivity index (χ4n) is 4.56. The molecule has 2 heterocycles. The second-order valence-corrected chi connectivity index (χ2v) is 12.6. The number of likely N-dealkylation sites (tertiary alicyclic amines) is 1. The lowest BCUT2D eigenvalue weighted by atomic mass is 10.1. The van der Waals surface area contributed by atoms with Gasteiger partial charge in [0.1, 0.15) is 17.0 Å². The van der Waals surface area contributed by atoms with Crippen LogP contribution in [0.5, 0.6) is 5.75 Å². The summed E-state index contributed by atoms with van der Waals surface area (Å²) in [5.74, 6) is 0.635. The number of hydrogen-bond donors (Lipinski definition) is 1. The molecule has 236 valence electrons. The summed E-state index contributed by atoms with van der Waals surface area (Å²) in [6.07, 6.45) is 1.59. The SMILES string of the molecule is CCCCCOc1ccc2cc(-c3noc([C@@H]4C(=O)CCN4/C(=N/C(=O)OC(C)(C)C)NC(=O)OC(C)(C)C)n3)ccc2c1. The molecule has 2 amide bonds. The minimum atomic E-state index is -1.08. The molecule has 0 bridgehead atoms. The molecule has 1 aliphatic heterocycles. The van der Waals surface area contributed by atoms with Crippen molar-refractivity contribution in [1.29, 1.82) is 0 Å². The van der Waals surface area contributed by atoms with Crippen LogP contribution in [0, 0.1) is 0 Å². The van der Waals surface area contributed by atoms with E-state index >= 15 is 0 Å². The van der Waals surface area contributed by atoms with Gasteiger partial charge in [-0.3, -0.25) is 10.1 Å². The van der Waals surface area contributed by atoms with Crippen molar-refractivity contribution in [3.8, 4) is 17.1 Å². The molecule has 0 aliphatic carbocycles. The van der Waals surface area contributed by atoms with Gasteiger partial charge in [-0.2, -0.15) is 4.98 Å². The topological polar surface area (TPSA) is 145 Å². The Hall–Kier alpha value is -4.48. The first kappa shape index (κ1) is 32.4. The number of fused-ring (bicyclic) bond motifs is 1. The summed E-state index contributed by atoms with van der Waals surface area (Å²) in [6.45, 7) is 13.2. The van der Waals surface area contributed by atoms with E-state index in [4.69, 9.17) is 18.7 Å². The monoisotopic (exact) mass is 607 g/mol. The molecule has 3 aromatic rings. The van der Waals surface area contributed by atoms with Crippen LogP contribution in [0.15, 0.2) is 45.9 Å². The van der Waals surface area contributed by atoms with E-state index in [9.17, 15) is 14.4 Å². The minimum absolute atomic E-state index is 0.00121. The molecule has 4 rings (SSSR count). The average molecular weight is 608 g/mol. The molecule has 1 saturated heterocycles. The largest absolute Gasteiger partial charge is 0.494 e. The van der Waals surface area contributed by atoms with E-state index < -0.39 is 29.4 Å². The molecule has 12 heteroatoms. The van der Waals surface area contributed by atoms with Crippen molar-refractivity contribution in [3.63, 3.8) is 0 Å². The third-order valence-electron chi connectivity index (χ3n) is 6.45. The van der Waals surface area contributed by atoms with Crippen molar-refractivity contribution in [2.75, 3.05) is 13.2 Å². The Labute approximate surface area is 257 Å². The van der Waals surface area contributed by atoms with Crippen molar-refractivity contribution in [2.45, 2.75) is 91.4 Å². The van der Waals surface area contributed by atoms with Gasteiger partial charge < -0.3 is 23.6 Å². The van der Waals surface area contributed by atoms with Gasteiger partial charge >= 0.3 is 12.2 Å². The summed E-state index contributed by atoms with van der Waals surface area (Å²) < 4.78 is 22.1. The zero-order valence-corrected chi connectivity index (χ0v) is 26.4. The summed E-state index contributed by atoms with van der Waals surface area (Å²) in [4.78, 5) is 48.3. The molecular weight excluding hydrogens is 566 g/mol. The van der Waals surface area contributed by atoms with Gasteiger partial charge in [0.2, 0.25) is 11.8 Å². The smallest absolute Gasteiger partial charge is 0.437 e. The van der Waals surface area contributed by atoms with E-state index in [0.717, 1.165) is 35.8 Å². The second-order valence-electron chi connectivity index (χ2n) is 12.6. The number of nitrogens with zero attached hydrogens (tertiary/aromatic N) is 4. The first-order valence-corrected chi connectivity index (χ1v) is 14.8. The third-order valence-corrected chi connectivity index (χ3v) is 6.45. The summed E-state index contributed by atoms with van der Waals surface area (Å²) in [6, 6.07) is 10.6. The standard InChI is InChI=1S/C32H41N5O7/c1-8-9-10-17-41-23-14-13-20-18-22(12-11-21(20)19-23)26-33-27(44-36-26)25-24(38)15-16-37(25)28(34-29(39)42-31(2,3)4)35-30(40)43-32(5,6)7/h11-14,18-19,25H,8-10,15-17H2,1-7H3,(H,34,35,39,40)/t25-/m0/s1. The molecule has 1 aromatic heterocycles. The highest BCUT2D eigenvalue weighted by Gasteiger charge is 2.41. The van der Waals surface area contributed by atoms with Gasteiger partial charge in [0.05, 0.1) is 6.61 Å². The highest BCUT2D eigenvalue weighted by Crippen LogP contribution is 2.31. The Balaban J connectivity index is 1.58. The summed E-state index contributed by atoms with van der Waals surface area (Å²) in [5.41, 5.74) is -0.954. The van der Waals surface area contributed by atoms with E-state index in [-0.39, 0.29) is 36.4 Å². The van der Waals surface area contributed by atoms with E-state index in [0.29, 0.717) is 12.2 Å². The molecule has 12 nitrogen and oxygen atoms in total. The van der Waals surface area contributed by atoms with Gasteiger partial charge in [0.25, 0.3) is 5.89 Å². The predicted octanol–water partition coefficient (Wildman–Crippen LogP) is 6.59. The van der Waals surface area contributed by atoms with Crippen molar-refractivity contribution >= 4 is 34.7 Å². The molecule has 1 fully saturated rings. The molecule has 0 spiro atoms. The highest BCUT2D eigenvalue weighted by molar-refractivity contribution is 6.02. The fourth-order valence-corrected chi connectivity index (χ4v) is 4.56. The number of unbranched alkanes of at least 4 members (excludes halogenated alkanes) is 2. The zero-order chi connectivity index (χ0) is 32.1. The van der Waals surface area contributed by atoms with E-state index in [1.807, 2.05) is 36.4 Å². The molecule has 44 heavy (non-hydrogen) atoms. The maximum Gasteiger partial charge on any atom is 0.437 e. The first-order chi connectivity index (χ1) is 20.7. The number of benzene rings is 2. The van der Waals surface area contributed by atoms with Gasteiger partial charge in [-0.05, 0) is 76.9 Å². The number of ether oxygens (including phenoxy) is 3. The summed E-state index contributed by atoms with van der Waals surface area (Å²) in [7, 11) is 0. The number of aliphatic imine (C=N–C) groups is 1. The van der Waals surface area contributed by atoms with Crippen LogP contribution in [0.3, 0.4) is 0 Å². The Morgan fingerprint density at radius 1 is 1.02 bits per heavy atom. The predicted molar refractivity (Wildman–Crippen MR) is 164 cm³/mol. The third kappa shape index (κ3) is 8.77. The van der Waals surface area contributed by atoms with Crippen molar-refractivity contribution in [2.24, 2.45) is 4.99 Å². The van der Waals surface area contributed by atoms with Crippen molar-refractivity contribution < 1.29 is 33.1 Å². The Bertz CT molecular complexity index is 1530. The number of Topliss-reactive ketones (excluding diaryl/α,β-unsaturated/α-hetero) is 1. The lowest BCUT2D eigenvalue weighted by molar-refractivity contribution is -0.120. The van der Waals surface area contributed by atoms with Crippen LogP contribution in [0.1, 0.15) is 86.1 Å². The van der Waals surface area contributed by atoms with Gasteiger partial charge in [-0.25, -0.2) is 9.59 Å². The molecular formula is C32H41N5O7. The van der Waals surface area contributed by atoms with Gasteiger partial charge in [-0.15, -0.1) is 4.99 Å². The second kappa shape index (κ2) is 13.4. The van der Waals surface area contributed by atoms with E-state index in [2.05, 4.69) is 27.4 Å². The quantitative estimate of drug-likeness (QED) is 0.177. The highest BCUT2D eigenvalue weighted by atomic mass is 16.6. The number of aromatic nitrogens is 2. The van der Waals surface area contributed by atoms with Crippen LogP contribution in [0.25, 0.3) is 22.2 Å². The van der Waals surface area contributed by atoms with Gasteiger partial charge in [0, 0.05) is 18.5 Å². The van der Waals surface area contributed by atoms with Crippen LogP contribution < -0.4 is 10.1 Å². The number of guanidine groups is 1. The van der Waals surface area contributed by atoms with Crippen LogP contribution in [0.2, 0.25) is 0 Å². The number of carbonyl (C=O) groups is 3. The Kier molecular flexibility index (Phi) is 9.91. The van der Waals surface area contributed by atoms with E-state index in [1.54, 1.807) is 41.5 Å². The molecule has 0 saturated carbocycles. The Morgan fingerprint density at radius 2 is 1.73 bits per heavy atom. The zero-order valence-electron chi connectivity index (χ0n) is 26.4. The number of rotatable bonds is 7. The van der Waals surface area contributed by atoms with Gasteiger partial charge in [0.15, 0.2) is 11.8 Å². The maximum absolute atomic E-state index is 13.1. The maximum atomic E-state index is 13.1. The van der Waals surface area contributed by atoms with E-state index in [1.165, 1.54) is 4.90 Å². The number of amides is 2. The van der Waals surface area contributed by atoms with Crippen LogP contribution in [-0.4, -0.2) is 63.3 Å². The first-order valence-electron chi connectivity index (χ1n) is 14.8. The van der Waals surface area contributed by atoms with Crippen LogP contribution in [0.4, 0.5) is 9.59 Å². The molecule has 0 radical (unpaired) electrons.